The van der Waals surface area contributed by atoms with Gasteiger partial charge in [-0.3, -0.25) is 0 Å². The second-order valence-corrected chi connectivity index (χ2v) is 8.13. The first-order valence-electron chi connectivity index (χ1n) is 7.94. The standard InChI is InChI=1S/C18H19F2NO3S/c1-13-2-4-15(5-3-13)18-11-21(6-7-24-18)25(22,23)12-14-8-16(19)10-17(20)9-14/h2-5,8-10,18H,6-7,11-12H2,1H3. The quantitative estimate of drug-likeness (QED) is 0.834. The van der Waals surface area contributed by atoms with Gasteiger partial charge in [0, 0.05) is 19.2 Å². The first-order chi connectivity index (χ1) is 11.8. The molecule has 1 heterocycles. The summed E-state index contributed by atoms with van der Waals surface area (Å²) in [4.78, 5) is 0. The van der Waals surface area contributed by atoms with E-state index in [-0.39, 0.29) is 31.4 Å². The maximum absolute atomic E-state index is 13.3. The number of ether oxygens (including phenoxy) is 1. The summed E-state index contributed by atoms with van der Waals surface area (Å²) >= 11 is 0. The summed E-state index contributed by atoms with van der Waals surface area (Å²) in [6.45, 7) is 2.65. The highest BCUT2D eigenvalue weighted by Gasteiger charge is 2.30. The molecule has 0 bridgehead atoms. The van der Waals surface area contributed by atoms with Crippen molar-refractivity contribution in [1.29, 1.82) is 0 Å². The molecule has 25 heavy (non-hydrogen) atoms. The van der Waals surface area contributed by atoms with Gasteiger partial charge in [0.05, 0.1) is 18.5 Å². The third kappa shape index (κ3) is 4.42. The van der Waals surface area contributed by atoms with Crippen LogP contribution in [0.15, 0.2) is 42.5 Å². The van der Waals surface area contributed by atoms with Gasteiger partial charge in [-0.15, -0.1) is 0 Å². The Morgan fingerprint density at radius 2 is 1.76 bits per heavy atom. The molecule has 2 aromatic carbocycles. The molecule has 7 heteroatoms. The number of nitrogens with zero attached hydrogens (tertiary/aromatic N) is 1. The van der Waals surface area contributed by atoms with Gasteiger partial charge in [0.15, 0.2) is 0 Å². The van der Waals surface area contributed by atoms with Gasteiger partial charge >= 0.3 is 0 Å². The van der Waals surface area contributed by atoms with Gasteiger partial charge in [0.2, 0.25) is 10.0 Å². The van der Waals surface area contributed by atoms with Crippen LogP contribution in [-0.2, 0) is 20.5 Å². The molecule has 1 aliphatic heterocycles. The minimum atomic E-state index is -3.70. The van der Waals surface area contributed by atoms with Gasteiger partial charge in [-0.1, -0.05) is 29.8 Å². The predicted molar refractivity (Wildman–Crippen MR) is 90.4 cm³/mol. The van der Waals surface area contributed by atoms with Crippen molar-refractivity contribution in [3.05, 3.63) is 70.8 Å². The Kier molecular flexibility index (Phi) is 5.17. The average Bonchev–Trinajstić information content (AvgIpc) is 2.54. The Morgan fingerprint density at radius 3 is 2.40 bits per heavy atom. The second kappa shape index (κ2) is 7.19. The molecule has 0 amide bonds. The van der Waals surface area contributed by atoms with Gasteiger partial charge in [0.1, 0.15) is 11.6 Å². The van der Waals surface area contributed by atoms with Crippen molar-refractivity contribution in [3.63, 3.8) is 0 Å². The summed E-state index contributed by atoms with van der Waals surface area (Å²) in [6, 6.07) is 10.5. The minimum absolute atomic E-state index is 0.0934. The number of halogens is 2. The Labute approximate surface area is 146 Å². The van der Waals surface area contributed by atoms with Gasteiger partial charge in [-0.05, 0) is 30.2 Å². The van der Waals surface area contributed by atoms with Crippen LogP contribution in [0.5, 0.6) is 0 Å². The third-order valence-corrected chi connectivity index (χ3v) is 5.96. The third-order valence-electron chi connectivity index (χ3n) is 4.14. The van der Waals surface area contributed by atoms with E-state index in [1.54, 1.807) is 0 Å². The maximum atomic E-state index is 13.3. The highest BCUT2D eigenvalue weighted by atomic mass is 32.2. The van der Waals surface area contributed by atoms with Crippen LogP contribution in [0, 0.1) is 18.6 Å². The molecule has 3 rings (SSSR count). The molecule has 0 N–H and O–H groups in total. The van der Waals surface area contributed by atoms with Gasteiger partial charge in [0.25, 0.3) is 0 Å². The van der Waals surface area contributed by atoms with E-state index in [2.05, 4.69) is 0 Å². The highest BCUT2D eigenvalue weighted by Crippen LogP contribution is 2.25. The van der Waals surface area contributed by atoms with Crippen molar-refractivity contribution in [2.24, 2.45) is 0 Å². The number of aryl methyl sites for hydroxylation is 1. The van der Waals surface area contributed by atoms with E-state index in [0.29, 0.717) is 0 Å². The molecule has 1 fully saturated rings. The molecule has 1 saturated heterocycles. The zero-order valence-corrected chi connectivity index (χ0v) is 14.6. The smallest absolute Gasteiger partial charge is 0.218 e. The molecule has 2 aromatic rings. The lowest BCUT2D eigenvalue weighted by Crippen LogP contribution is -2.42. The summed E-state index contributed by atoms with van der Waals surface area (Å²) in [5.74, 6) is -2.02. The molecule has 0 saturated carbocycles. The summed E-state index contributed by atoms with van der Waals surface area (Å²) in [5, 5.41) is 0. The second-order valence-electron chi connectivity index (χ2n) is 6.16. The first kappa shape index (κ1) is 18.0. The molecule has 0 aromatic heterocycles. The molecule has 4 nitrogen and oxygen atoms in total. The van der Waals surface area contributed by atoms with Gasteiger partial charge in [-0.2, -0.15) is 4.31 Å². The Bertz CT molecular complexity index is 833. The van der Waals surface area contributed by atoms with Crippen molar-refractivity contribution in [3.8, 4) is 0 Å². The Morgan fingerprint density at radius 1 is 1.12 bits per heavy atom. The normalized spacial score (nSPS) is 19.1. The van der Waals surface area contributed by atoms with E-state index < -0.39 is 27.4 Å². The van der Waals surface area contributed by atoms with Gasteiger partial charge < -0.3 is 4.74 Å². The summed E-state index contributed by atoms with van der Waals surface area (Å²) in [7, 11) is -3.70. The van der Waals surface area contributed by atoms with Crippen LogP contribution in [-0.4, -0.2) is 32.4 Å². The number of hydrogen-bond donors (Lipinski definition) is 0. The van der Waals surface area contributed by atoms with E-state index in [1.807, 2.05) is 31.2 Å². The Balaban J connectivity index is 1.76. The van der Waals surface area contributed by atoms with Crippen molar-refractivity contribution in [2.75, 3.05) is 19.7 Å². The Hall–Kier alpha value is -1.83. The topological polar surface area (TPSA) is 46.6 Å². The predicted octanol–water partition coefficient (Wildman–Crippen LogP) is 3.18. The summed E-state index contributed by atoms with van der Waals surface area (Å²) in [5.41, 5.74) is 2.11. The molecular weight excluding hydrogens is 348 g/mol. The zero-order chi connectivity index (χ0) is 18.0. The first-order valence-corrected chi connectivity index (χ1v) is 9.55. The largest absolute Gasteiger partial charge is 0.371 e. The molecule has 0 radical (unpaired) electrons. The van der Waals surface area contributed by atoms with E-state index in [9.17, 15) is 17.2 Å². The fraction of sp³-hybridized carbons (Fsp3) is 0.333. The van der Waals surface area contributed by atoms with Crippen LogP contribution >= 0.6 is 0 Å². The van der Waals surface area contributed by atoms with Crippen LogP contribution in [0.1, 0.15) is 22.8 Å². The SMILES string of the molecule is Cc1ccc(C2CN(S(=O)(=O)Cc3cc(F)cc(F)c3)CCO2)cc1. The monoisotopic (exact) mass is 367 g/mol. The maximum Gasteiger partial charge on any atom is 0.218 e. The lowest BCUT2D eigenvalue weighted by Gasteiger charge is -2.32. The molecule has 1 unspecified atom stereocenters. The molecular formula is C18H19F2NO3S. The molecule has 1 aliphatic rings. The lowest BCUT2D eigenvalue weighted by atomic mass is 10.1. The van der Waals surface area contributed by atoms with Crippen molar-refractivity contribution in [2.45, 2.75) is 18.8 Å². The van der Waals surface area contributed by atoms with Gasteiger partial charge in [-0.25, -0.2) is 17.2 Å². The molecule has 0 aliphatic carbocycles. The fourth-order valence-electron chi connectivity index (χ4n) is 2.86. The number of sulfonamides is 1. The number of morpholine rings is 1. The number of benzene rings is 2. The fourth-order valence-corrected chi connectivity index (χ4v) is 4.34. The van der Waals surface area contributed by atoms with E-state index in [1.165, 1.54) is 4.31 Å². The molecule has 0 spiro atoms. The summed E-state index contributed by atoms with van der Waals surface area (Å²) < 4.78 is 58.9. The van der Waals surface area contributed by atoms with Crippen LogP contribution < -0.4 is 0 Å². The lowest BCUT2D eigenvalue weighted by molar-refractivity contribution is -0.00260. The average molecular weight is 367 g/mol. The van der Waals surface area contributed by atoms with Crippen molar-refractivity contribution in [1.82, 2.24) is 4.31 Å². The molecule has 1 atom stereocenters. The molecule has 134 valence electrons. The van der Waals surface area contributed by atoms with Crippen molar-refractivity contribution >= 4 is 10.0 Å². The van der Waals surface area contributed by atoms with Crippen LogP contribution in [0.25, 0.3) is 0 Å². The van der Waals surface area contributed by atoms with Crippen LogP contribution in [0.4, 0.5) is 8.78 Å². The minimum Gasteiger partial charge on any atom is -0.371 e. The summed E-state index contributed by atoms with van der Waals surface area (Å²) in [6.07, 6.45) is -0.353. The highest BCUT2D eigenvalue weighted by molar-refractivity contribution is 7.88. The van der Waals surface area contributed by atoms with E-state index in [0.717, 1.165) is 29.3 Å². The number of hydrogen-bond acceptors (Lipinski definition) is 3. The zero-order valence-electron chi connectivity index (χ0n) is 13.8. The van der Waals surface area contributed by atoms with Crippen LogP contribution in [0.2, 0.25) is 0 Å². The van der Waals surface area contributed by atoms with Crippen molar-refractivity contribution < 1.29 is 21.9 Å². The van der Waals surface area contributed by atoms with E-state index in [4.69, 9.17) is 4.74 Å². The van der Waals surface area contributed by atoms with Crippen LogP contribution in [0.3, 0.4) is 0 Å². The number of rotatable bonds is 4. The van der Waals surface area contributed by atoms with E-state index >= 15 is 0 Å².